The van der Waals surface area contributed by atoms with Gasteiger partial charge in [0.2, 0.25) is 0 Å². The van der Waals surface area contributed by atoms with Gasteiger partial charge in [-0.3, -0.25) is 0 Å². The molecule has 0 bridgehead atoms. The molecule has 0 saturated carbocycles. The first-order valence-electron chi connectivity index (χ1n) is 9.61. The van der Waals surface area contributed by atoms with Crippen LogP contribution in [0.5, 0.6) is 0 Å². The summed E-state index contributed by atoms with van der Waals surface area (Å²) in [6, 6.07) is 2.89. The van der Waals surface area contributed by atoms with Crippen LogP contribution in [0.4, 0.5) is 5.69 Å². The highest BCUT2D eigenvalue weighted by Gasteiger charge is 2.27. The molecule has 27 heavy (non-hydrogen) atoms. The summed E-state index contributed by atoms with van der Waals surface area (Å²) in [7, 11) is -1.11. The number of benzene rings is 1. The Kier molecular flexibility index (Phi) is 6.17. The van der Waals surface area contributed by atoms with E-state index in [1.807, 2.05) is 23.9 Å². The van der Waals surface area contributed by atoms with Crippen LogP contribution < -0.4 is 10.6 Å². The SMILES string of the molecule is CC(N)c1cc(Cl)c2cn(COCC[Si](C)(C)C)nc2c1N1CCC(O)C1. The largest absolute Gasteiger partial charge is 0.391 e. The summed E-state index contributed by atoms with van der Waals surface area (Å²) in [6.07, 6.45) is 2.37. The Balaban J connectivity index is 1.90. The highest BCUT2D eigenvalue weighted by atomic mass is 35.5. The van der Waals surface area contributed by atoms with E-state index in [0.29, 0.717) is 18.3 Å². The Morgan fingerprint density at radius 1 is 1.44 bits per heavy atom. The number of hydrogen-bond acceptors (Lipinski definition) is 5. The lowest BCUT2D eigenvalue weighted by atomic mass is 10.0. The van der Waals surface area contributed by atoms with Crippen molar-refractivity contribution in [3.05, 3.63) is 22.8 Å². The number of fused-ring (bicyclic) bond motifs is 1. The average Bonchev–Trinajstić information content (AvgIpc) is 3.17. The van der Waals surface area contributed by atoms with Crippen LogP contribution in [0.1, 0.15) is 24.9 Å². The summed E-state index contributed by atoms with van der Waals surface area (Å²) >= 11 is 6.54. The number of aliphatic hydroxyl groups is 1. The topological polar surface area (TPSA) is 76.5 Å². The number of ether oxygens (including phenoxy) is 1. The van der Waals surface area contributed by atoms with Crippen LogP contribution >= 0.6 is 11.6 Å². The van der Waals surface area contributed by atoms with Crippen LogP contribution in [0.15, 0.2) is 12.3 Å². The molecule has 0 radical (unpaired) electrons. The van der Waals surface area contributed by atoms with Crippen molar-refractivity contribution in [3.8, 4) is 0 Å². The number of aromatic nitrogens is 2. The molecule has 2 atom stereocenters. The maximum atomic E-state index is 9.99. The predicted octanol–water partition coefficient (Wildman–Crippen LogP) is 3.59. The Bertz CT molecular complexity index is 803. The quantitative estimate of drug-likeness (QED) is 0.538. The summed E-state index contributed by atoms with van der Waals surface area (Å²) in [5.74, 6) is 0. The number of aliphatic hydroxyl groups excluding tert-OH is 1. The third-order valence-electron chi connectivity index (χ3n) is 4.99. The first-order valence-corrected chi connectivity index (χ1v) is 13.7. The second-order valence-electron chi connectivity index (χ2n) is 8.75. The van der Waals surface area contributed by atoms with Crippen molar-refractivity contribution in [2.75, 3.05) is 24.6 Å². The van der Waals surface area contributed by atoms with Gasteiger partial charge in [0, 0.05) is 45.4 Å². The van der Waals surface area contributed by atoms with Crippen LogP contribution in [-0.2, 0) is 11.5 Å². The van der Waals surface area contributed by atoms with Gasteiger partial charge in [0.05, 0.1) is 16.8 Å². The smallest absolute Gasteiger partial charge is 0.139 e. The van der Waals surface area contributed by atoms with E-state index in [4.69, 9.17) is 27.2 Å². The fraction of sp³-hybridized carbons (Fsp3) is 0.632. The predicted molar refractivity (Wildman–Crippen MR) is 114 cm³/mol. The molecule has 6 nitrogen and oxygen atoms in total. The second kappa shape index (κ2) is 8.09. The van der Waals surface area contributed by atoms with E-state index >= 15 is 0 Å². The van der Waals surface area contributed by atoms with Crippen LogP contribution in [0.3, 0.4) is 0 Å². The zero-order valence-corrected chi connectivity index (χ0v) is 18.5. The molecule has 2 unspecified atom stereocenters. The van der Waals surface area contributed by atoms with Crippen LogP contribution in [0.25, 0.3) is 10.9 Å². The normalized spacial score (nSPS) is 19.2. The monoisotopic (exact) mass is 410 g/mol. The lowest BCUT2D eigenvalue weighted by molar-refractivity contribution is 0.0791. The maximum Gasteiger partial charge on any atom is 0.139 e. The summed E-state index contributed by atoms with van der Waals surface area (Å²) < 4.78 is 7.65. The molecule has 2 aromatic rings. The van der Waals surface area contributed by atoms with Crippen molar-refractivity contribution in [3.63, 3.8) is 0 Å². The van der Waals surface area contributed by atoms with Gasteiger partial charge in [-0.15, -0.1) is 0 Å². The minimum absolute atomic E-state index is 0.169. The minimum atomic E-state index is -1.11. The second-order valence-corrected chi connectivity index (χ2v) is 14.8. The van der Waals surface area contributed by atoms with Crippen molar-refractivity contribution in [2.45, 2.75) is 57.9 Å². The zero-order valence-electron chi connectivity index (χ0n) is 16.7. The highest BCUT2D eigenvalue weighted by Crippen LogP contribution is 2.38. The van der Waals surface area contributed by atoms with Crippen LogP contribution in [0.2, 0.25) is 30.7 Å². The molecule has 8 heteroatoms. The first kappa shape index (κ1) is 20.6. The molecule has 0 aliphatic carbocycles. The molecule has 3 N–H and O–H groups in total. The molecule has 1 saturated heterocycles. The summed E-state index contributed by atoms with van der Waals surface area (Å²) in [5, 5.41) is 16.3. The van der Waals surface area contributed by atoms with Gasteiger partial charge in [-0.2, -0.15) is 5.10 Å². The lowest BCUT2D eigenvalue weighted by Gasteiger charge is -2.24. The van der Waals surface area contributed by atoms with Gasteiger partial charge in [-0.05, 0) is 31.0 Å². The molecule has 1 aromatic heterocycles. The molecule has 0 spiro atoms. The van der Waals surface area contributed by atoms with E-state index in [1.54, 1.807) is 0 Å². The Hall–Kier alpha value is -1.12. The number of nitrogens with zero attached hydrogens (tertiary/aromatic N) is 3. The molecular weight excluding hydrogens is 380 g/mol. The van der Waals surface area contributed by atoms with Gasteiger partial charge in [-0.1, -0.05) is 31.2 Å². The number of β-amino-alcohol motifs (C(OH)–C–C–N with tert-alkyl or cyclic N) is 1. The summed E-state index contributed by atoms with van der Waals surface area (Å²) in [4.78, 5) is 2.17. The molecule has 2 heterocycles. The third kappa shape index (κ3) is 4.84. The van der Waals surface area contributed by atoms with Crippen LogP contribution in [-0.4, -0.2) is 48.8 Å². The average molecular weight is 411 g/mol. The lowest BCUT2D eigenvalue weighted by Crippen LogP contribution is -2.24. The van der Waals surface area contributed by atoms with E-state index < -0.39 is 8.07 Å². The van der Waals surface area contributed by atoms with Crippen molar-refractivity contribution in [1.82, 2.24) is 9.78 Å². The number of halogens is 1. The summed E-state index contributed by atoms with van der Waals surface area (Å²) in [5.41, 5.74) is 9.00. The fourth-order valence-electron chi connectivity index (χ4n) is 3.42. The third-order valence-corrected chi connectivity index (χ3v) is 7.01. The maximum absolute atomic E-state index is 9.99. The highest BCUT2D eigenvalue weighted by molar-refractivity contribution is 6.76. The number of nitrogens with two attached hydrogens (primary N) is 1. The Morgan fingerprint density at radius 3 is 2.78 bits per heavy atom. The number of rotatable bonds is 7. The molecule has 150 valence electrons. The molecule has 0 amide bonds. The van der Waals surface area contributed by atoms with E-state index in [-0.39, 0.29) is 12.1 Å². The van der Waals surface area contributed by atoms with Gasteiger partial charge in [0.25, 0.3) is 0 Å². The van der Waals surface area contributed by atoms with Crippen LogP contribution in [0, 0.1) is 0 Å². The zero-order chi connectivity index (χ0) is 19.8. The molecular formula is C19H31ClN4O2Si. The van der Waals surface area contributed by atoms with Crippen molar-refractivity contribution >= 4 is 36.3 Å². The van der Waals surface area contributed by atoms with Gasteiger partial charge in [0.1, 0.15) is 12.2 Å². The van der Waals surface area contributed by atoms with Crippen molar-refractivity contribution in [2.24, 2.45) is 5.73 Å². The fourth-order valence-corrected chi connectivity index (χ4v) is 4.43. The van der Waals surface area contributed by atoms with Crippen molar-refractivity contribution < 1.29 is 9.84 Å². The standard InChI is InChI=1S/C19H31ClN4O2Si/c1-13(21)15-9-17(20)16-11-24(12-26-7-8-27(2,3)4)22-18(16)19(15)23-6-5-14(25)10-23/h9,11,13-14,25H,5-8,10,12,21H2,1-4H3. The Morgan fingerprint density at radius 2 is 2.19 bits per heavy atom. The van der Waals surface area contributed by atoms with E-state index in [1.165, 1.54) is 0 Å². The Labute approximate surface area is 167 Å². The van der Waals surface area contributed by atoms with E-state index in [0.717, 1.165) is 47.8 Å². The molecule has 3 rings (SSSR count). The van der Waals surface area contributed by atoms with E-state index in [9.17, 15) is 5.11 Å². The first-order chi connectivity index (χ1) is 12.7. The summed E-state index contributed by atoms with van der Waals surface area (Å²) in [6.45, 7) is 11.5. The van der Waals surface area contributed by atoms with Gasteiger partial charge >= 0.3 is 0 Å². The molecule has 1 aliphatic heterocycles. The minimum Gasteiger partial charge on any atom is -0.391 e. The van der Waals surface area contributed by atoms with E-state index in [2.05, 4.69) is 24.5 Å². The van der Waals surface area contributed by atoms with Crippen molar-refractivity contribution in [1.29, 1.82) is 0 Å². The molecule has 1 fully saturated rings. The number of anilines is 1. The molecule has 1 aromatic carbocycles. The van der Waals surface area contributed by atoms with Gasteiger partial charge in [0.15, 0.2) is 0 Å². The molecule has 1 aliphatic rings. The number of hydrogen-bond donors (Lipinski definition) is 2. The van der Waals surface area contributed by atoms with Gasteiger partial charge in [-0.25, -0.2) is 4.68 Å². The van der Waals surface area contributed by atoms with Gasteiger partial charge < -0.3 is 20.5 Å².